The molecule has 24 heavy (non-hydrogen) atoms. The molecule has 0 aliphatic heterocycles. The minimum absolute atomic E-state index is 0.0360. The van der Waals surface area contributed by atoms with Crippen molar-refractivity contribution < 1.29 is 9.90 Å². The van der Waals surface area contributed by atoms with Crippen LogP contribution in [0.3, 0.4) is 0 Å². The molecule has 0 bridgehead atoms. The first kappa shape index (κ1) is 18.5. The molecule has 1 aromatic carbocycles. The summed E-state index contributed by atoms with van der Waals surface area (Å²) in [5.74, 6) is 0.0808. The van der Waals surface area contributed by atoms with E-state index in [1.54, 1.807) is 24.3 Å². The van der Waals surface area contributed by atoms with Crippen molar-refractivity contribution in [2.24, 2.45) is 5.92 Å². The zero-order valence-electron chi connectivity index (χ0n) is 14.3. The van der Waals surface area contributed by atoms with Gasteiger partial charge in [-0.05, 0) is 43.5 Å². The predicted octanol–water partition coefficient (Wildman–Crippen LogP) is 3.03. The summed E-state index contributed by atoms with van der Waals surface area (Å²) in [6.07, 6.45) is -0.789. The van der Waals surface area contributed by atoms with Gasteiger partial charge in [-0.3, -0.25) is 9.48 Å². The largest absolute Gasteiger partial charge is 0.388 e. The minimum Gasteiger partial charge on any atom is -0.388 e. The van der Waals surface area contributed by atoms with E-state index in [9.17, 15) is 9.90 Å². The molecule has 0 aliphatic carbocycles. The van der Waals surface area contributed by atoms with Gasteiger partial charge in [0.2, 0.25) is 5.91 Å². The number of benzene rings is 1. The molecule has 2 unspecified atom stereocenters. The molecule has 2 N–H and O–H groups in total. The third-order valence-electron chi connectivity index (χ3n) is 3.87. The van der Waals surface area contributed by atoms with Crippen molar-refractivity contribution in [1.29, 1.82) is 0 Å². The summed E-state index contributed by atoms with van der Waals surface area (Å²) in [6.45, 7) is 7.35. The van der Waals surface area contributed by atoms with Gasteiger partial charge in [0.1, 0.15) is 0 Å². The Labute approximate surface area is 147 Å². The van der Waals surface area contributed by atoms with Crippen LogP contribution in [0.25, 0.3) is 0 Å². The normalized spacial score (nSPS) is 13.5. The van der Waals surface area contributed by atoms with Crippen LogP contribution in [-0.4, -0.2) is 27.3 Å². The highest BCUT2D eigenvalue weighted by Gasteiger charge is 2.14. The number of carbonyl (C=O) groups excluding carboxylic acids is 1. The maximum atomic E-state index is 12.0. The van der Waals surface area contributed by atoms with Crippen molar-refractivity contribution in [1.82, 2.24) is 15.1 Å². The summed E-state index contributed by atoms with van der Waals surface area (Å²) in [4.78, 5) is 12.0. The van der Waals surface area contributed by atoms with E-state index in [2.05, 4.69) is 17.3 Å². The molecule has 1 heterocycles. The summed E-state index contributed by atoms with van der Waals surface area (Å²) in [7, 11) is 0. The van der Waals surface area contributed by atoms with Gasteiger partial charge in [0.25, 0.3) is 0 Å². The number of halogens is 1. The minimum atomic E-state index is -0.825. The number of aromatic nitrogens is 2. The molecule has 0 saturated carbocycles. The molecule has 2 rings (SSSR count). The highest BCUT2D eigenvalue weighted by molar-refractivity contribution is 6.30. The molecule has 0 saturated heterocycles. The van der Waals surface area contributed by atoms with E-state index in [0.29, 0.717) is 17.1 Å². The number of rotatable bonds is 7. The summed E-state index contributed by atoms with van der Waals surface area (Å²) >= 11 is 5.82. The Morgan fingerprint density at radius 1 is 1.33 bits per heavy atom. The average Bonchev–Trinajstić information content (AvgIpc) is 2.83. The number of aliphatic hydroxyl groups is 1. The van der Waals surface area contributed by atoms with E-state index in [0.717, 1.165) is 17.9 Å². The Kier molecular flexibility index (Phi) is 6.40. The van der Waals surface area contributed by atoms with Crippen LogP contribution in [0.15, 0.2) is 30.3 Å². The Morgan fingerprint density at radius 2 is 2.00 bits per heavy atom. The van der Waals surface area contributed by atoms with Crippen molar-refractivity contribution in [3.63, 3.8) is 0 Å². The van der Waals surface area contributed by atoms with Crippen LogP contribution in [0.5, 0.6) is 0 Å². The first-order chi connectivity index (χ1) is 11.3. The molecular weight excluding hydrogens is 326 g/mol. The second kappa shape index (κ2) is 8.31. The van der Waals surface area contributed by atoms with Crippen molar-refractivity contribution in [3.8, 4) is 0 Å². The molecule has 2 aromatic rings. The fourth-order valence-electron chi connectivity index (χ4n) is 2.56. The van der Waals surface area contributed by atoms with Gasteiger partial charge in [-0.1, -0.05) is 30.7 Å². The Hall–Kier alpha value is -1.85. The van der Waals surface area contributed by atoms with Crippen molar-refractivity contribution in [3.05, 3.63) is 52.3 Å². The van der Waals surface area contributed by atoms with Crippen molar-refractivity contribution in [2.75, 3.05) is 6.54 Å². The van der Waals surface area contributed by atoms with Crippen molar-refractivity contribution >= 4 is 17.5 Å². The summed E-state index contributed by atoms with van der Waals surface area (Å²) in [5.41, 5.74) is 2.80. The van der Waals surface area contributed by atoms with Crippen LogP contribution in [0.4, 0.5) is 0 Å². The lowest BCUT2D eigenvalue weighted by atomic mass is 10.1. The van der Waals surface area contributed by atoms with E-state index < -0.39 is 6.10 Å². The van der Waals surface area contributed by atoms with Crippen LogP contribution in [-0.2, 0) is 11.3 Å². The van der Waals surface area contributed by atoms with E-state index in [1.807, 2.05) is 24.6 Å². The third-order valence-corrected chi connectivity index (χ3v) is 4.12. The van der Waals surface area contributed by atoms with Gasteiger partial charge in [0, 0.05) is 23.8 Å². The number of hydrogen-bond acceptors (Lipinski definition) is 3. The number of aryl methyl sites for hydroxylation is 2. The number of nitrogens with one attached hydrogen (secondary N) is 1. The monoisotopic (exact) mass is 349 g/mol. The van der Waals surface area contributed by atoms with Crippen LogP contribution in [0.1, 0.15) is 36.4 Å². The lowest BCUT2D eigenvalue weighted by Gasteiger charge is -2.15. The molecule has 0 fully saturated rings. The van der Waals surface area contributed by atoms with Gasteiger partial charge in [-0.15, -0.1) is 0 Å². The average molecular weight is 350 g/mol. The summed E-state index contributed by atoms with van der Waals surface area (Å²) < 4.78 is 1.95. The quantitative estimate of drug-likeness (QED) is 0.807. The fourth-order valence-corrected chi connectivity index (χ4v) is 2.68. The zero-order valence-corrected chi connectivity index (χ0v) is 15.0. The van der Waals surface area contributed by atoms with E-state index in [-0.39, 0.29) is 18.2 Å². The number of aliphatic hydroxyl groups excluding tert-OH is 1. The molecule has 0 aliphatic rings. The van der Waals surface area contributed by atoms with E-state index in [4.69, 9.17) is 11.6 Å². The molecule has 5 nitrogen and oxygen atoms in total. The van der Waals surface area contributed by atoms with Crippen LogP contribution in [0, 0.1) is 19.8 Å². The number of hydrogen-bond donors (Lipinski definition) is 2. The highest BCUT2D eigenvalue weighted by atomic mass is 35.5. The fraction of sp³-hybridized carbons (Fsp3) is 0.444. The van der Waals surface area contributed by atoms with Gasteiger partial charge in [0.15, 0.2) is 0 Å². The molecule has 2 atom stereocenters. The lowest BCUT2D eigenvalue weighted by Crippen LogP contribution is -2.31. The smallest absolute Gasteiger partial charge is 0.222 e. The Balaban J connectivity index is 1.77. The number of carbonyl (C=O) groups is 1. The van der Waals surface area contributed by atoms with E-state index in [1.165, 1.54) is 0 Å². The van der Waals surface area contributed by atoms with Gasteiger partial charge >= 0.3 is 0 Å². The maximum Gasteiger partial charge on any atom is 0.222 e. The van der Waals surface area contributed by atoms with Crippen LogP contribution >= 0.6 is 11.6 Å². The first-order valence-corrected chi connectivity index (χ1v) is 8.44. The summed E-state index contributed by atoms with van der Waals surface area (Å²) in [5, 5.41) is 18.0. The first-order valence-electron chi connectivity index (χ1n) is 8.06. The maximum absolute atomic E-state index is 12.0. The molecule has 1 amide bonds. The third kappa shape index (κ3) is 5.35. The van der Waals surface area contributed by atoms with Crippen LogP contribution < -0.4 is 5.32 Å². The predicted molar refractivity (Wildman–Crippen MR) is 94.9 cm³/mol. The van der Waals surface area contributed by atoms with Gasteiger partial charge < -0.3 is 10.4 Å². The Morgan fingerprint density at radius 3 is 2.58 bits per heavy atom. The standard InChI is InChI=1S/C18H24ClN3O2/c1-12(11-22-14(3)8-13(2)21-22)10-20-18(24)9-17(23)15-4-6-16(19)7-5-15/h4-8,12,17,23H,9-11H2,1-3H3,(H,20,24). The molecule has 1 aromatic heterocycles. The summed E-state index contributed by atoms with van der Waals surface area (Å²) in [6, 6.07) is 8.90. The number of amides is 1. The topological polar surface area (TPSA) is 67.2 Å². The Bertz CT molecular complexity index is 682. The van der Waals surface area contributed by atoms with Gasteiger partial charge in [-0.25, -0.2) is 0 Å². The molecular formula is C18H24ClN3O2. The van der Waals surface area contributed by atoms with Crippen molar-refractivity contribution in [2.45, 2.75) is 39.8 Å². The van der Waals surface area contributed by atoms with Gasteiger partial charge in [-0.2, -0.15) is 5.10 Å². The van der Waals surface area contributed by atoms with Gasteiger partial charge in [0.05, 0.1) is 18.2 Å². The molecule has 0 spiro atoms. The lowest BCUT2D eigenvalue weighted by molar-refractivity contribution is -0.123. The number of nitrogens with zero attached hydrogens (tertiary/aromatic N) is 2. The molecule has 130 valence electrons. The molecule has 0 radical (unpaired) electrons. The van der Waals surface area contributed by atoms with Crippen LogP contribution in [0.2, 0.25) is 5.02 Å². The highest BCUT2D eigenvalue weighted by Crippen LogP contribution is 2.19. The zero-order chi connectivity index (χ0) is 17.7. The SMILES string of the molecule is Cc1cc(C)n(CC(C)CNC(=O)CC(O)c2ccc(Cl)cc2)n1. The molecule has 6 heteroatoms. The second-order valence-corrected chi connectivity index (χ2v) is 6.73. The second-order valence-electron chi connectivity index (χ2n) is 6.29. The van der Waals surface area contributed by atoms with E-state index >= 15 is 0 Å².